The Morgan fingerprint density at radius 2 is 1.69 bits per heavy atom. The number of hydrogen-bond acceptors (Lipinski definition) is 8. The first-order chi connectivity index (χ1) is 29.6. The lowest BCUT2D eigenvalue weighted by molar-refractivity contribution is 0.0998. The van der Waals surface area contributed by atoms with Crippen LogP contribution in [0.25, 0.3) is 21.8 Å². The molecule has 2 amide bonds. The number of amides is 2. The highest BCUT2D eigenvalue weighted by Crippen LogP contribution is 2.33. The van der Waals surface area contributed by atoms with Crippen LogP contribution in [0.4, 0.5) is 17.1 Å². The summed E-state index contributed by atoms with van der Waals surface area (Å²) in [6.45, 7) is 5.54. The Morgan fingerprint density at radius 1 is 0.852 bits per heavy atom. The summed E-state index contributed by atoms with van der Waals surface area (Å²) in [4.78, 5) is 44.9. The number of nitrogens with two attached hydrogens (primary N) is 1. The summed E-state index contributed by atoms with van der Waals surface area (Å²) in [5.74, 6) is 6.48. The van der Waals surface area contributed by atoms with Gasteiger partial charge in [-0.15, -0.1) is 0 Å². The number of carbonyl (C=O) groups excluding carboxylic acids is 2. The van der Waals surface area contributed by atoms with Gasteiger partial charge in [0.1, 0.15) is 11.5 Å². The van der Waals surface area contributed by atoms with E-state index >= 15 is 0 Å². The van der Waals surface area contributed by atoms with Gasteiger partial charge >= 0.3 is 0 Å². The Hall–Kier alpha value is -7.42. The second-order valence-corrected chi connectivity index (χ2v) is 15.0. The summed E-state index contributed by atoms with van der Waals surface area (Å²) in [5.41, 5.74) is 15.6. The second-order valence-electron chi connectivity index (χ2n) is 15.0. The van der Waals surface area contributed by atoms with Gasteiger partial charge in [0.2, 0.25) is 5.56 Å². The van der Waals surface area contributed by atoms with Crippen molar-refractivity contribution >= 4 is 50.7 Å². The number of aromatic hydroxyl groups is 1. The molecule has 308 valence electrons. The van der Waals surface area contributed by atoms with E-state index in [1.54, 1.807) is 19.2 Å². The third-order valence-corrected chi connectivity index (χ3v) is 10.6. The smallest absolute Gasteiger partial charge is 0.255 e. The number of fused-ring (bicyclic) bond motifs is 2. The molecule has 0 saturated heterocycles. The van der Waals surface area contributed by atoms with Gasteiger partial charge in [-0.05, 0) is 141 Å². The number of primary amides is 1. The highest BCUT2D eigenvalue weighted by molar-refractivity contribution is 6.08. The van der Waals surface area contributed by atoms with Crippen molar-refractivity contribution in [1.29, 1.82) is 0 Å². The van der Waals surface area contributed by atoms with E-state index in [-0.39, 0.29) is 17.2 Å². The molecule has 5 aromatic carbocycles. The molecule has 0 radical (unpaired) electrons. The normalized spacial score (nSPS) is 10.9. The number of nitrogens with zero attached hydrogens (tertiary/aromatic N) is 1. The lowest BCUT2D eigenvalue weighted by atomic mass is 9.97. The highest BCUT2D eigenvalue weighted by Gasteiger charge is 2.17. The number of phenolic OH excluding ortho intramolecular Hbond substituents is 1. The van der Waals surface area contributed by atoms with Gasteiger partial charge in [0.15, 0.2) is 0 Å². The van der Waals surface area contributed by atoms with Crippen LogP contribution < -0.4 is 32.0 Å². The largest absolute Gasteiger partial charge is 0.506 e. The van der Waals surface area contributed by atoms with Crippen molar-refractivity contribution in [1.82, 2.24) is 15.3 Å². The maximum absolute atomic E-state index is 13.4. The van der Waals surface area contributed by atoms with E-state index in [1.807, 2.05) is 92.7 Å². The molecule has 7 rings (SSSR count). The number of hydrogen-bond donors (Lipinski definition) is 6. The van der Waals surface area contributed by atoms with Gasteiger partial charge in [0.05, 0.1) is 29.4 Å². The molecule has 2 aromatic heterocycles. The monoisotopic (exact) mass is 812 g/mol. The van der Waals surface area contributed by atoms with Crippen molar-refractivity contribution < 1.29 is 19.4 Å². The molecule has 0 fully saturated rings. The van der Waals surface area contributed by atoms with Gasteiger partial charge in [-0.2, -0.15) is 0 Å². The van der Waals surface area contributed by atoms with E-state index < -0.39 is 5.91 Å². The zero-order valence-corrected chi connectivity index (χ0v) is 34.4. The number of nitrogens with one attached hydrogen (secondary N) is 4. The zero-order valence-electron chi connectivity index (χ0n) is 34.4. The fourth-order valence-corrected chi connectivity index (χ4v) is 7.43. The zero-order chi connectivity index (χ0) is 42.9. The van der Waals surface area contributed by atoms with Crippen molar-refractivity contribution in [3.63, 3.8) is 0 Å². The molecule has 0 unspecified atom stereocenters. The predicted octanol–water partition coefficient (Wildman–Crippen LogP) is 8.25. The minimum Gasteiger partial charge on any atom is -0.506 e. The average Bonchev–Trinajstić information content (AvgIpc) is 3.25. The number of aryl methyl sites for hydroxylation is 4. The van der Waals surface area contributed by atoms with Gasteiger partial charge in [-0.1, -0.05) is 42.2 Å². The van der Waals surface area contributed by atoms with Crippen LogP contribution in [0.2, 0.25) is 0 Å². The van der Waals surface area contributed by atoms with E-state index in [0.717, 1.165) is 93.4 Å². The molecule has 0 bridgehead atoms. The van der Waals surface area contributed by atoms with Crippen LogP contribution >= 0.6 is 0 Å². The van der Waals surface area contributed by atoms with Crippen molar-refractivity contribution in [2.45, 2.75) is 46.0 Å². The fraction of sp³-hybridized carbons (Fsp3) is 0.200. The fourth-order valence-electron chi connectivity index (χ4n) is 7.43. The van der Waals surface area contributed by atoms with Crippen LogP contribution in [0.15, 0.2) is 114 Å². The molecule has 0 aliphatic carbocycles. The molecule has 2 heterocycles. The molecule has 0 aliphatic heterocycles. The second kappa shape index (κ2) is 19.1. The van der Waals surface area contributed by atoms with Gasteiger partial charge in [-0.3, -0.25) is 19.4 Å². The van der Waals surface area contributed by atoms with Crippen LogP contribution in [-0.2, 0) is 19.3 Å². The van der Waals surface area contributed by atoms with Crippen molar-refractivity contribution in [2.75, 3.05) is 30.8 Å². The van der Waals surface area contributed by atoms with Crippen molar-refractivity contribution in [3.8, 4) is 23.3 Å². The number of benzene rings is 5. The first-order valence-corrected chi connectivity index (χ1v) is 20.2. The van der Waals surface area contributed by atoms with Gasteiger partial charge in [-0.25, -0.2) is 0 Å². The standard InChI is InChI=1S/C50H48N6O5/c1-31-25-33(9-5-4-6-23-52-24-22-36-17-20-44(57)48-40(36)18-21-45(58)56-48)16-19-43(31)55-50(60)37-11-7-10-34(27-37)14-15-35-26-32(2)46-41(28-35)47(42(30-53-46)49(51)59)54-38-12-8-13-39(29-38)61-3/h7-8,10-13,16-21,25-30,52,57H,4,6,14-15,22-24H2,1-3H3,(H2,51,59)(H,53,54)(H,55,60)(H,56,58). The molecule has 11 nitrogen and oxygen atoms in total. The van der Waals surface area contributed by atoms with E-state index in [0.29, 0.717) is 40.9 Å². The molecule has 0 saturated carbocycles. The molecule has 61 heavy (non-hydrogen) atoms. The van der Waals surface area contributed by atoms with E-state index in [1.165, 1.54) is 12.3 Å². The Kier molecular flexibility index (Phi) is 13.1. The SMILES string of the molecule is COc1cccc(Nc2c(C(N)=O)cnc3c(C)cc(CCc4cccc(C(=O)Nc5ccc(C#CCCCNCCc6ccc(O)c7[nH]c(=O)ccc67)cc5C)c4)cc23)c1. The number of rotatable bonds is 15. The van der Waals surface area contributed by atoms with Crippen molar-refractivity contribution in [2.24, 2.45) is 5.73 Å². The summed E-state index contributed by atoms with van der Waals surface area (Å²) in [6.07, 6.45) is 5.30. The van der Waals surface area contributed by atoms with Crippen LogP contribution in [0.3, 0.4) is 0 Å². The molecule has 0 atom stereocenters. The van der Waals surface area contributed by atoms with E-state index in [4.69, 9.17) is 10.5 Å². The minimum atomic E-state index is -0.578. The summed E-state index contributed by atoms with van der Waals surface area (Å²) >= 11 is 0. The molecule has 7 aromatic rings. The topological polar surface area (TPSA) is 171 Å². The Labute approximate surface area is 354 Å². The minimum absolute atomic E-state index is 0.0678. The summed E-state index contributed by atoms with van der Waals surface area (Å²) in [5, 5.41) is 21.6. The number of carbonyl (C=O) groups is 2. The number of methoxy groups -OCH3 is 1. The lowest BCUT2D eigenvalue weighted by Crippen LogP contribution is -2.18. The summed E-state index contributed by atoms with van der Waals surface area (Å²) < 4.78 is 5.39. The molecular weight excluding hydrogens is 765 g/mol. The van der Waals surface area contributed by atoms with Gasteiger partial charge < -0.3 is 36.5 Å². The lowest BCUT2D eigenvalue weighted by Gasteiger charge is -2.16. The van der Waals surface area contributed by atoms with E-state index in [9.17, 15) is 19.5 Å². The maximum Gasteiger partial charge on any atom is 0.255 e. The maximum atomic E-state index is 13.4. The molecule has 11 heteroatoms. The number of pyridine rings is 2. The van der Waals surface area contributed by atoms with Crippen LogP contribution in [0, 0.1) is 25.7 Å². The first-order valence-electron chi connectivity index (χ1n) is 20.2. The van der Waals surface area contributed by atoms with Crippen LogP contribution in [0.1, 0.15) is 66.9 Å². The molecule has 0 spiro atoms. The number of H-pyrrole nitrogens is 1. The number of phenols is 1. The number of aromatic nitrogens is 2. The van der Waals surface area contributed by atoms with Crippen molar-refractivity contribution in [3.05, 3.63) is 164 Å². The first kappa shape index (κ1) is 41.7. The number of unbranched alkanes of at least 4 members (excludes halogenated alkanes) is 1. The molecular formula is C50H48N6O5. The van der Waals surface area contributed by atoms with Gasteiger partial charge in [0.25, 0.3) is 11.8 Å². The predicted molar refractivity (Wildman–Crippen MR) is 243 cm³/mol. The van der Waals surface area contributed by atoms with Crippen LogP contribution in [0.5, 0.6) is 11.5 Å². The Morgan fingerprint density at radius 3 is 2.51 bits per heavy atom. The summed E-state index contributed by atoms with van der Waals surface area (Å²) in [6, 6.07) is 31.8. The third kappa shape index (κ3) is 10.2. The molecule has 0 aliphatic rings. The van der Waals surface area contributed by atoms with Crippen LogP contribution in [-0.4, -0.2) is 47.1 Å². The summed E-state index contributed by atoms with van der Waals surface area (Å²) in [7, 11) is 1.60. The Balaban J connectivity index is 0.924. The van der Waals surface area contributed by atoms with Gasteiger partial charge in [0, 0.05) is 58.0 Å². The quantitative estimate of drug-likeness (QED) is 0.0444. The molecule has 7 N–H and O–H groups in total. The average molecular weight is 813 g/mol. The number of aromatic amines is 1. The Bertz CT molecular complexity index is 2890. The highest BCUT2D eigenvalue weighted by atomic mass is 16.5. The number of ether oxygens (including phenoxy) is 1. The van der Waals surface area contributed by atoms with E-state index in [2.05, 4.69) is 43.8 Å². The number of anilines is 3. The third-order valence-electron chi connectivity index (χ3n) is 10.6.